The lowest BCUT2D eigenvalue weighted by Gasteiger charge is -2.11. The molecular formula is C16H14O3. The fourth-order valence-electron chi connectivity index (χ4n) is 2.70. The molecule has 0 fully saturated rings. The summed E-state index contributed by atoms with van der Waals surface area (Å²) >= 11 is 0. The van der Waals surface area contributed by atoms with Gasteiger partial charge in [-0.2, -0.15) is 0 Å². The number of aryl methyl sites for hydroxylation is 2. The van der Waals surface area contributed by atoms with Crippen LogP contribution in [0, 0.1) is 13.8 Å². The van der Waals surface area contributed by atoms with Gasteiger partial charge in [0.25, 0.3) is 0 Å². The highest BCUT2D eigenvalue weighted by atomic mass is 16.5. The highest BCUT2D eigenvalue weighted by Crippen LogP contribution is 2.41. The zero-order valence-corrected chi connectivity index (χ0v) is 11.1. The van der Waals surface area contributed by atoms with Crippen molar-refractivity contribution in [2.45, 2.75) is 13.8 Å². The minimum Gasteiger partial charge on any atom is -0.492 e. The molecule has 3 rings (SSSR count). The molecule has 3 nitrogen and oxygen atoms in total. The Hall–Kier alpha value is -2.29. The van der Waals surface area contributed by atoms with E-state index in [-0.39, 0.29) is 0 Å². The molecule has 1 aromatic heterocycles. The number of hydrogen-bond acceptors (Lipinski definition) is 3. The first-order valence-corrected chi connectivity index (χ1v) is 6.11. The standard InChI is InChI=1S/C16H14O3/c1-9-5-4-6-11-12(7-17)14-10(2)8-19-16(14)15(18-3)13(9)11/h4-8H,1-3H3. The van der Waals surface area contributed by atoms with Crippen LogP contribution in [-0.4, -0.2) is 13.4 Å². The summed E-state index contributed by atoms with van der Waals surface area (Å²) in [4.78, 5) is 11.5. The molecule has 0 radical (unpaired) electrons. The molecule has 0 aliphatic rings. The quantitative estimate of drug-likeness (QED) is 0.648. The minimum atomic E-state index is 0.643. The summed E-state index contributed by atoms with van der Waals surface area (Å²) in [5.41, 5.74) is 3.32. The Morgan fingerprint density at radius 1 is 1.16 bits per heavy atom. The van der Waals surface area contributed by atoms with Gasteiger partial charge in [0.05, 0.1) is 13.4 Å². The van der Waals surface area contributed by atoms with Crippen LogP contribution >= 0.6 is 0 Å². The van der Waals surface area contributed by atoms with Gasteiger partial charge in [0.2, 0.25) is 0 Å². The van der Waals surface area contributed by atoms with Crippen LogP contribution in [0.25, 0.3) is 21.7 Å². The molecule has 0 aliphatic carbocycles. The Bertz CT molecular complexity index is 797. The summed E-state index contributed by atoms with van der Waals surface area (Å²) < 4.78 is 11.1. The van der Waals surface area contributed by atoms with Crippen LogP contribution in [0.5, 0.6) is 5.75 Å². The second-order valence-electron chi connectivity index (χ2n) is 4.69. The van der Waals surface area contributed by atoms with E-state index in [1.54, 1.807) is 13.4 Å². The predicted molar refractivity (Wildman–Crippen MR) is 75.1 cm³/mol. The van der Waals surface area contributed by atoms with E-state index >= 15 is 0 Å². The first-order chi connectivity index (χ1) is 9.19. The van der Waals surface area contributed by atoms with Crippen LogP contribution in [0.2, 0.25) is 0 Å². The van der Waals surface area contributed by atoms with E-state index in [1.165, 1.54) is 0 Å². The molecule has 2 aromatic carbocycles. The van der Waals surface area contributed by atoms with Crippen LogP contribution in [-0.2, 0) is 0 Å². The molecular weight excluding hydrogens is 240 g/mol. The number of methoxy groups -OCH3 is 1. The topological polar surface area (TPSA) is 39.4 Å². The lowest BCUT2D eigenvalue weighted by Crippen LogP contribution is -1.94. The largest absolute Gasteiger partial charge is 0.492 e. The summed E-state index contributed by atoms with van der Waals surface area (Å²) in [5, 5.41) is 2.68. The van der Waals surface area contributed by atoms with Crippen molar-refractivity contribution in [1.29, 1.82) is 0 Å². The van der Waals surface area contributed by atoms with Gasteiger partial charge in [-0.1, -0.05) is 18.2 Å². The molecule has 0 aliphatic heterocycles. The van der Waals surface area contributed by atoms with Crippen molar-refractivity contribution in [2.24, 2.45) is 0 Å². The average Bonchev–Trinajstić information content (AvgIpc) is 2.79. The number of aldehydes is 1. The van der Waals surface area contributed by atoms with Crippen LogP contribution in [0.15, 0.2) is 28.9 Å². The molecule has 96 valence electrons. The Morgan fingerprint density at radius 3 is 2.63 bits per heavy atom. The highest BCUT2D eigenvalue weighted by molar-refractivity contribution is 6.16. The monoisotopic (exact) mass is 254 g/mol. The second kappa shape index (κ2) is 4.12. The number of benzene rings is 2. The van der Waals surface area contributed by atoms with Crippen molar-refractivity contribution < 1.29 is 13.9 Å². The molecule has 19 heavy (non-hydrogen) atoms. The smallest absolute Gasteiger partial charge is 0.177 e. The molecule has 0 N–H and O–H groups in total. The maximum absolute atomic E-state index is 11.5. The van der Waals surface area contributed by atoms with Gasteiger partial charge in [-0.05, 0) is 30.4 Å². The first kappa shape index (κ1) is 11.8. The third-order valence-corrected chi connectivity index (χ3v) is 3.56. The molecule has 0 amide bonds. The zero-order valence-electron chi connectivity index (χ0n) is 11.1. The van der Waals surface area contributed by atoms with Crippen molar-refractivity contribution in [3.8, 4) is 5.75 Å². The van der Waals surface area contributed by atoms with E-state index in [1.807, 2.05) is 32.0 Å². The van der Waals surface area contributed by atoms with Crippen molar-refractivity contribution in [1.82, 2.24) is 0 Å². The van der Waals surface area contributed by atoms with Gasteiger partial charge in [0.1, 0.15) is 0 Å². The lowest BCUT2D eigenvalue weighted by atomic mass is 9.96. The van der Waals surface area contributed by atoms with Gasteiger partial charge < -0.3 is 9.15 Å². The van der Waals surface area contributed by atoms with Gasteiger partial charge in [-0.3, -0.25) is 4.79 Å². The Labute approximate surface area is 110 Å². The van der Waals surface area contributed by atoms with Gasteiger partial charge >= 0.3 is 0 Å². The molecule has 0 saturated heterocycles. The van der Waals surface area contributed by atoms with E-state index < -0.39 is 0 Å². The SMILES string of the molecule is COc1c2occ(C)c2c(C=O)c2cccc(C)c12. The molecule has 3 heteroatoms. The Morgan fingerprint density at radius 2 is 1.95 bits per heavy atom. The van der Waals surface area contributed by atoms with Crippen molar-refractivity contribution >= 4 is 28.0 Å². The number of ether oxygens (including phenoxy) is 1. The molecule has 0 spiro atoms. The lowest BCUT2D eigenvalue weighted by molar-refractivity contribution is 0.112. The van der Waals surface area contributed by atoms with Crippen molar-refractivity contribution in [3.63, 3.8) is 0 Å². The van der Waals surface area contributed by atoms with Gasteiger partial charge in [0.15, 0.2) is 17.6 Å². The van der Waals surface area contributed by atoms with E-state index in [9.17, 15) is 4.79 Å². The maximum Gasteiger partial charge on any atom is 0.177 e. The van der Waals surface area contributed by atoms with Gasteiger partial charge in [-0.25, -0.2) is 0 Å². The molecule has 0 unspecified atom stereocenters. The number of rotatable bonds is 2. The van der Waals surface area contributed by atoms with E-state index in [4.69, 9.17) is 9.15 Å². The van der Waals surface area contributed by atoms with Gasteiger partial charge in [0, 0.05) is 16.3 Å². The number of carbonyl (C=O) groups is 1. The number of furan rings is 1. The Kier molecular flexibility index (Phi) is 2.56. The summed E-state index contributed by atoms with van der Waals surface area (Å²) in [7, 11) is 1.62. The van der Waals surface area contributed by atoms with E-state index in [0.717, 1.165) is 33.6 Å². The highest BCUT2D eigenvalue weighted by Gasteiger charge is 2.19. The maximum atomic E-state index is 11.5. The summed E-state index contributed by atoms with van der Waals surface area (Å²) in [5.74, 6) is 0.696. The number of hydrogen-bond donors (Lipinski definition) is 0. The summed E-state index contributed by atoms with van der Waals surface area (Å²) in [6, 6.07) is 5.90. The van der Waals surface area contributed by atoms with Crippen LogP contribution < -0.4 is 4.74 Å². The second-order valence-corrected chi connectivity index (χ2v) is 4.69. The van der Waals surface area contributed by atoms with Gasteiger partial charge in [-0.15, -0.1) is 0 Å². The average molecular weight is 254 g/mol. The molecule has 0 saturated carbocycles. The first-order valence-electron chi connectivity index (χ1n) is 6.11. The van der Waals surface area contributed by atoms with Crippen LogP contribution in [0.1, 0.15) is 21.5 Å². The normalized spacial score (nSPS) is 11.1. The molecule has 0 bridgehead atoms. The van der Waals surface area contributed by atoms with Crippen LogP contribution in [0.3, 0.4) is 0 Å². The number of fused-ring (bicyclic) bond motifs is 2. The third-order valence-electron chi connectivity index (χ3n) is 3.56. The summed E-state index contributed by atoms with van der Waals surface area (Å²) in [6.45, 7) is 3.93. The fourth-order valence-corrected chi connectivity index (χ4v) is 2.70. The van der Waals surface area contributed by atoms with E-state index in [0.29, 0.717) is 16.9 Å². The summed E-state index contributed by atoms with van der Waals surface area (Å²) in [6.07, 6.45) is 2.56. The Balaban J connectivity index is 2.70. The molecule has 3 aromatic rings. The zero-order chi connectivity index (χ0) is 13.6. The van der Waals surface area contributed by atoms with Crippen LogP contribution in [0.4, 0.5) is 0 Å². The number of carbonyl (C=O) groups excluding carboxylic acids is 1. The van der Waals surface area contributed by atoms with E-state index in [2.05, 4.69) is 0 Å². The fraction of sp³-hybridized carbons (Fsp3) is 0.188. The predicted octanol–water partition coefficient (Wildman–Crippen LogP) is 4.02. The molecule has 0 atom stereocenters. The molecule has 1 heterocycles. The third kappa shape index (κ3) is 1.48. The minimum absolute atomic E-state index is 0.643. The van der Waals surface area contributed by atoms with Crippen molar-refractivity contribution in [3.05, 3.63) is 41.2 Å². The van der Waals surface area contributed by atoms with Crippen molar-refractivity contribution in [2.75, 3.05) is 7.11 Å².